The number of carbonyl (C=O) groups excluding carboxylic acids is 2. The summed E-state index contributed by atoms with van der Waals surface area (Å²) in [4.78, 5) is 38.9. The van der Waals surface area contributed by atoms with E-state index in [1.165, 1.54) is 16.7 Å². The number of nitrogens with one attached hydrogen (secondary N) is 1. The molecule has 5 rings (SSSR count). The minimum atomic E-state index is -1.41. The van der Waals surface area contributed by atoms with Gasteiger partial charge in [-0.2, -0.15) is 0 Å². The van der Waals surface area contributed by atoms with Crippen LogP contribution in [0, 0.1) is 0 Å². The highest BCUT2D eigenvalue weighted by atomic mass is 32.2. The molecule has 0 radical (unpaired) electrons. The van der Waals surface area contributed by atoms with E-state index in [1.54, 1.807) is 0 Å². The molecule has 4 aliphatic heterocycles. The largest absolute Gasteiger partial charge is 0.479 e. The maximum atomic E-state index is 12.9. The number of rotatable bonds is 4. The predicted molar refractivity (Wildman–Crippen MR) is 96.6 cm³/mol. The lowest BCUT2D eigenvalue weighted by Gasteiger charge is -2.57. The third-order valence-corrected chi connectivity index (χ3v) is 7.03. The summed E-state index contributed by atoms with van der Waals surface area (Å²) >= 11 is 1.39. The first-order valence-corrected chi connectivity index (χ1v) is 9.89. The molecule has 0 aromatic heterocycles. The van der Waals surface area contributed by atoms with Gasteiger partial charge in [0.05, 0.1) is 18.6 Å². The van der Waals surface area contributed by atoms with Gasteiger partial charge in [-0.3, -0.25) is 9.59 Å². The molecule has 2 amide bonds. The summed E-state index contributed by atoms with van der Waals surface area (Å²) in [6, 6.07) is 8.58. The monoisotopic (exact) mass is 386 g/mol. The fraction of sp³-hybridized carbons (Fsp3) is 0.421. The van der Waals surface area contributed by atoms with Gasteiger partial charge in [0, 0.05) is 5.57 Å². The smallest absolute Gasteiger partial charge is 0.336 e. The van der Waals surface area contributed by atoms with E-state index in [-0.39, 0.29) is 24.3 Å². The van der Waals surface area contributed by atoms with Gasteiger partial charge in [-0.1, -0.05) is 30.3 Å². The molecule has 0 spiro atoms. The molecule has 1 aromatic carbocycles. The first kappa shape index (κ1) is 16.8. The number of hydrogen-bond donors (Lipinski definition) is 2. The summed E-state index contributed by atoms with van der Waals surface area (Å²) in [5.41, 5.74) is 0.131. The number of nitrogens with zero attached hydrogens (tertiary/aromatic N) is 1. The van der Waals surface area contributed by atoms with Crippen molar-refractivity contribution >= 4 is 29.5 Å². The molecular formula is C19H18N2O5S. The highest BCUT2D eigenvalue weighted by Crippen LogP contribution is 2.57. The molecule has 2 bridgehead atoms. The fourth-order valence-electron chi connectivity index (χ4n) is 4.69. The molecule has 0 aliphatic carbocycles. The minimum Gasteiger partial charge on any atom is -0.479 e. The van der Waals surface area contributed by atoms with Gasteiger partial charge in [-0.15, -0.1) is 11.8 Å². The van der Waals surface area contributed by atoms with E-state index in [0.29, 0.717) is 12.0 Å². The normalized spacial score (nSPS) is 35.8. The number of ether oxygens (including phenoxy) is 1. The summed E-state index contributed by atoms with van der Waals surface area (Å²) in [5.74, 6) is -1.64. The molecule has 4 aliphatic rings. The molecule has 8 heteroatoms. The Balaban J connectivity index is 1.37. The quantitative estimate of drug-likeness (QED) is 0.747. The molecule has 7 nitrogen and oxygen atoms in total. The van der Waals surface area contributed by atoms with E-state index < -0.39 is 29.0 Å². The third kappa shape index (κ3) is 2.17. The van der Waals surface area contributed by atoms with Gasteiger partial charge in [0.1, 0.15) is 11.4 Å². The zero-order valence-corrected chi connectivity index (χ0v) is 15.1. The Bertz CT molecular complexity index is 872. The first-order valence-electron chi connectivity index (χ1n) is 8.95. The summed E-state index contributed by atoms with van der Waals surface area (Å²) in [5, 5.41) is 14.2. The highest BCUT2D eigenvalue weighted by Gasteiger charge is 2.72. The van der Waals surface area contributed by atoms with Crippen LogP contribution in [0.1, 0.15) is 18.4 Å². The molecule has 5 unspecified atom stereocenters. The van der Waals surface area contributed by atoms with Crippen LogP contribution in [0.3, 0.4) is 0 Å². The Labute approximate surface area is 159 Å². The van der Waals surface area contributed by atoms with Crippen LogP contribution in [0.4, 0.5) is 0 Å². The maximum Gasteiger partial charge on any atom is 0.336 e. The number of β-lactam (4-membered cyclic amide) rings is 1. The van der Waals surface area contributed by atoms with Gasteiger partial charge in [0.2, 0.25) is 5.91 Å². The van der Waals surface area contributed by atoms with Crippen LogP contribution in [-0.4, -0.2) is 57.0 Å². The van der Waals surface area contributed by atoms with E-state index in [0.717, 1.165) is 12.0 Å². The number of amides is 2. The van der Waals surface area contributed by atoms with Crippen molar-refractivity contribution in [1.82, 2.24) is 10.2 Å². The van der Waals surface area contributed by atoms with Crippen molar-refractivity contribution in [1.29, 1.82) is 0 Å². The number of carboxylic acid groups (broad SMARTS) is 1. The molecule has 27 heavy (non-hydrogen) atoms. The van der Waals surface area contributed by atoms with Gasteiger partial charge in [0.15, 0.2) is 5.54 Å². The van der Waals surface area contributed by atoms with Crippen molar-refractivity contribution < 1.29 is 24.2 Å². The SMILES string of the molecule is O=C(Cc1ccccc1)NC1C(=O)N2C1SC=C1C3CCC(O3)C12C(=O)O. The molecule has 0 saturated carbocycles. The molecule has 3 saturated heterocycles. The summed E-state index contributed by atoms with van der Waals surface area (Å²) in [6.07, 6.45) is 0.857. The second kappa shape index (κ2) is 5.84. The Morgan fingerprint density at radius 3 is 2.81 bits per heavy atom. The molecule has 140 valence electrons. The lowest BCUT2D eigenvalue weighted by Crippen LogP contribution is -2.80. The van der Waals surface area contributed by atoms with Crippen LogP contribution in [0.25, 0.3) is 0 Å². The van der Waals surface area contributed by atoms with Crippen LogP contribution < -0.4 is 5.32 Å². The van der Waals surface area contributed by atoms with Crippen molar-refractivity contribution in [3.8, 4) is 0 Å². The number of thioether (sulfide) groups is 1. The molecule has 2 N–H and O–H groups in total. The number of aliphatic carboxylic acids is 1. The summed E-state index contributed by atoms with van der Waals surface area (Å²) in [6.45, 7) is 0. The van der Waals surface area contributed by atoms with Gasteiger partial charge in [-0.25, -0.2) is 4.79 Å². The van der Waals surface area contributed by atoms with E-state index in [2.05, 4.69) is 5.32 Å². The standard InChI is InChI=1S/C19H18N2O5S/c22-14(8-10-4-2-1-3-5-10)20-15-16(23)21-17(15)27-9-11-12-6-7-13(26-12)19(11,21)18(24)25/h1-5,9,12-13,15,17H,6-8H2,(H,20,22)(H,24,25). The van der Waals surface area contributed by atoms with Gasteiger partial charge in [0.25, 0.3) is 5.91 Å². The third-order valence-electron chi connectivity index (χ3n) is 5.88. The van der Waals surface area contributed by atoms with Crippen LogP contribution in [-0.2, 0) is 25.5 Å². The van der Waals surface area contributed by atoms with Crippen molar-refractivity contribution in [2.75, 3.05) is 0 Å². The Hall–Kier alpha value is -2.32. The van der Waals surface area contributed by atoms with Gasteiger partial charge < -0.3 is 20.1 Å². The fourth-order valence-corrected chi connectivity index (χ4v) is 6.04. The van der Waals surface area contributed by atoms with Crippen molar-refractivity contribution in [2.45, 2.75) is 48.4 Å². The topological polar surface area (TPSA) is 95.9 Å². The number of fused-ring (bicyclic) bond motifs is 7. The second-order valence-electron chi connectivity index (χ2n) is 7.28. The lowest BCUT2D eigenvalue weighted by molar-refractivity contribution is -0.173. The van der Waals surface area contributed by atoms with E-state index in [9.17, 15) is 19.5 Å². The van der Waals surface area contributed by atoms with Crippen molar-refractivity contribution in [3.63, 3.8) is 0 Å². The number of carbonyl (C=O) groups is 3. The van der Waals surface area contributed by atoms with E-state index in [4.69, 9.17) is 4.74 Å². The molecular weight excluding hydrogens is 368 g/mol. The van der Waals surface area contributed by atoms with Crippen LogP contribution in [0.5, 0.6) is 0 Å². The van der Waals surface area contributed by atoms with Crippen LogP contribution in [0.15, 0.2) is 41.3 Å². The Morgan fingerprint density at radius 1 is 1.30 bits per heavy atom. The number of carboxylic acids is 1. The predicted octanol–water partition coefficient (Wildman–Crippen LogP) is 0.897. The van der Waals surface area contributed by atoms with Crippen molar-refractivity contribution in [3.05, 3.63) is 46.9 Å². The minimum absolute atomic E-state index is 0.182. The average molecular weight is 386 g/mol. The Morgan fingerprint density at radius 2 is 2.07 bits per heavy atom. The average Bonchev–Trinajstić information content (AvgIpc) is 3.26. The van der Waals surface area contributed by atoms with E-state index in [1.807, 2.05) is 35.7 Å². The summed E-state index contributed by atoms with van der Waals surface area (Å²) in [7, 11) is 0. The van der Waals surface area contributed by atoms with Crippen molar-refractivity contribution in [2.24, 2.45) is 0 Å². The zero-order chi connectivity index (χ0) is 18.8. The summed E-state index contributed by atoms with van der Waals surface area (Å²) < 4.78 is 5.84. The maximum absolute atomic E-state index is 12.9. The van der Waals surface area contributed by atoms with E-state index >= 15 is 0 Å². The molecule has 5 atom stereocenters. The highest BCUT2D eigenvalue weighted by molar-refractivity contribution is 8.03. The second-order valence-corrected chi connectivity index (χ2v) is 8.27. The Kier molecular flexibility index (Phi) is 3.64. The number of benzene rings is 1. The molecule has 1 aromatic rings. The van der Waals surface area contributed by atoms with Gasteiger partial charge >= 0.3 is 5.97 Å². The number of hydrogen-bond acceptors (Lipinski definition) is 5. The zero-order valence-electron chi connectivity index (χ0n) is 14.3. The first-order chi connectivity index (χ1) is 13.0. The molecule has 3 fully saturated rings. The van der Waals surface area contributed by atoms with Crippen LogP contribution >= 0.6 is 11.8 Å². The lowest BCUT2D eigenvalue weighted by atomic mass is 9.74. The van der Waals surface area contributed by atoms with Gasteiger partial charge in [-0.05, 0) is 23.8 Å². The molecule has 4 heterocycles. The van der Waals surface area contributed by atoms with Crippen LogP contribution in [0.2, 0.25) is 0 Å².